The maximum absolute atomic E-state index is 3.25. The van der Waals surface area contributed by atoms with Crippen molar-refractivity contribution in [2.75, 3.05) is 7.05 Å². The van der Waals surface area contributed by atoms with Crippen molar-refractivity contribution in [3.8, 4) is 0 Å². The Balaban J connectivity index is 2.38. The first-order chi connectivity index (χ1) is 5.74. The van der Waals surface area contributed by atoms with Crippen molar-refractivity contribution in [3.63, 3.8) is 0 Å². The molecule has 12 heavy (non-hydrogen) atoms. The normalized spacial score (nSPS) is 13.2. The molecule has 0 saturated heterocycles. The number of thiophene rings is 1. The fourth-order valence-corrected chi connectivity index (χ4v) is 1.94. The lowest BCUT2D eigenvalue weighted by molar-refractivity contribution is 0.565. The van der Waals surface area contributed by atoms with Crippen molar-refractivity contribution in [1.82, 2.24) is 5.32 Å². The van der Waals surface area contributed by atoms with Crippen LogP contribution in [0.2, 0.25) is 0 Å². The van der Waals surface area contributed by atoms with E-state index in [9.17, 15) is 0 Å². The number of hydrogen-bond acceptors (Lipinski definition) is 2. The molecule has 0 amide bonds. The molecule has 0 aromatic carbocycles. The summed E-state index contributed by atoms with van der Waals surface area (Å²) >= 11 is 1.84. The van der Waals surface area contributed by atoms with Crippen LogP contribution in [0.15, 0.2) is 11.4 Å². The molecule has 0 bridgehead atoms. The summed E-state index contributed by atoms with van der Waals surface area (Å²) in [4.78, 5) is 1.47. The molecule has 0 fully saturated rings. The molecule has 1 aromatic rings. The van der Waals surface area contributed by atoms with Crippen LogP contribution in [0.4, 0.5) is 0 Å². The SMILES string of the molecule is CNC(C)CCc1ccsc1C. The third-order valence-electron chi connectivity index (χ3n) is 2.31. The predicted molar refractivity (Wildman–Crippen MR) is 55.9 cm³/mol. The molecule has 0 aliphatic heterocycles. The Morgan fingerprint density at radius 2 is 2.33 bits per heavy atom. The summed E-state index contributed by atoms with van der Waals surface area (Å²) in [6, 6.07) is 2.87. The molecule has 0 aliphatic carbocycles. The maximum atomic E-state index is 3.25. The van der Waals surface area contributed by atoms with E-state index in [1.165, 1.54) is 23.3 Å². The molecule has 1 heterocycles. The van der Waals surface area contributed by atoms with Gasteiger partial charge in [-0.15, -0.1) is 11.3 Å². The van der Waals surface area contributed by atoms with Crippen molar-refractivity contribution >= 4 is 11.3 Å². The second-order valence-corrected chi connectivity index (χ2v) is 4.35. The van der Waals surface area contributed by atoms with Crippen molar-refractivity contribution in [2.45, 2.75) is 32.7 Å². The Kier molecular flexibility index (Phi) is 3.76. The van der Waals surface area contributed by atoms with Crippen LogP contribution >= 0.6 is 11.3 Å². The Hall–Kier alpha value is -0.340. The first-order valence-electron chi connectivity index (χ1n) is 4.44. The van der Waals surface area contributed by atoms with Gasteiger partial charge in [-0.05, 0) is 50.7 Å². The molecule has 68 valence electrons. The Morgan fingerprint density at radius 3 is 2.83 bits per heavy atom. The van der Waals surface area contributed by atoms with Gasteiger partial charge in [0.2, 0.25) is 0 Å². The van der Waals surface area contributed by atoms with Gasteiger partial charge in [-0.3, -0.25) is 0 Å². The maximum Gasteiger partial charge on any atom is 0.00462 e. The van der Waals surface area contributed by atoms with E-state index in [0.29, 0.717) is 6.04 Å². The van der Waals surface area contributed by atoms with Crippen LogP contribution in [0.5, 0.6) is 0 Å². The molecule has 1 nitrogen and oxygen atoms in total. The van der Waals surface area contributed by atoms with Crippen LogP contribution < -0.4 is 5.32 Å². The molecule has 0 aliphatic rings. The van der Waals surface area contributed by atoms with E-state index in [0.717, 1.165) is 0 Å². The molecule has 1 rings (SSSR count). The fraction of sp³-hybridized carbons (Fsp3) is 0.600. The van der Waals surface area contributed by atoms with Crippen molar-refractivity contribution < 1.29 is 0 Å². The minimum atomic E-state index is 0.629. The van der Waals surface area contributed by atoms with E-state index in [-0.39, 0.29) is 0 Å². The molecule has 1 aromatic heterocycles. The van der Waals surface area contributed by atoms with Gasteiger partial charge in [0.15, 0.2) is 0 Å². The zero-order chi connectivity index (χ0) is 8.97. The second kappa shape index (κ2) is 4.63. The third kappa shape index (κ3) is 2.61. The number of nitrogens with one attached hydrogen (secondary N) is 1. The van der Waals surface area contributed by atoms with Crippen molar-refractivity contribution in [1.29, 1.82) is 0 Å². The highest BCUT2D eigenvalue weighted by atomic mass is 32.1. The van der Waals surface area contributed by atoms with Gasteiger partial charge < -0.3 is 5.32 Å². The van der Waals surface area contributed by atoms with Crippen LogP contribution in [-0.2, 0) is 6.42 Å². The van der Waals surface area contributed by atoms with Crippen LogP contribution in [0, 0.1) is 6.92 Å². The summed E-state index contributed by atoms with van der Waals surface area (Å²) in [7, 11) is 2.02. The largest absolute Gasteiger partial charge is 0.317 e. The first kappa shape index (κ1) is 9.75. The lowest BCUT2D eigenvalue weighted by Crippen LogP contribution is -2.21. The average Bonchev–Trinajstić information content (AvgIpc) is 2.47. The quantitative estimate of drug-likeness (QED) is 0.756. The zero-order valence-corrected chi connectivity index (χ0v) is 8.87. The summed E-state index contributed by atoms with van der Waals surface area (Å²) in [5.74, 6) is 0. The molecule has 2 heteroatoms. The van der Waals surface area contributed by atoms with Crippen molar-refractivity contribution in [2.24, 2.45) is 0 Å². The molecular formula is C10H17NS. The summed E-state index contributed by atoms with van der Waals surface area (Å²) in [5.41, 5.74) is 1.52. The van der Waals surface area contributed by atoms with E-state index < -0.39 is 0 Å². The Labute approximate surface area is 78.8 Å². The monoisotopic (exact) mass is 183 g/mol. The van der Waals surface area contributed by atoms with E-state index in [2.05, 4.69) is 30.6 Å². The molecule has 0 spiro atoms. The Morgan fingerprint density at radius 1 is 1.58 bits per heavy atom. The average molecular weight is 183 g/mol. The van der Waals surface area contributed by atoms with Gasteiger partial charge in [0.25, 0.3) is 0 Å². The summed E-state index contributed by atoms with van der Waals surface area (Å²) in [5, 5.41) is 5.43. The number of hydrogen-bond donors (Lipinski definition) is 1. The minimum absolute atomic E-state index is 0.629. The van der Waals surface area contributed by atoms with Crippen LogP contribution in [0.25, 0.3) is 0 Å². The van der Waals surface area contributed by atoms with Crippen LogP contribution in [-0.4, -0.2) is 13.1 Å². The highest BCUT2D eigenvalue weighted by Gasteiger charge is 2.02. The van der Waals surface area contributed by atoms with Gasteiger partial charge in [0.05, 0.1) is 0 Å². The minimum Gasteiger partial charge on any atom is -0.317 e. The van der Waals surface area contributed by atoms with Gasteiger partial charge in [0.1, 0.15) is 0 Å². The third-order valence-corrected chi connectivity index (χ3v) is 3.19. The van der Waals surface area contributed by atoms with Gasteiger partial charge in [-0.2, -0.15) is 0 Å². The van der Waals surface area contributed by atoms with E-state index in [1.54, 1.807) is 0 Å². The second-order valence-electron chi connectivity index (χ2n) is 3.23. The van der Waals surface area contributed by atoms with E-state index in [1.807, 2.05) is 18.4 Å². The molecule has 1 unspecified atom stereocenters. The molecular weight excluding hydrogens is 166 g/mol. The van der Waals surface area contributed by atoms with Crippen LogP contribution in [0.1, 0.15) is 23.8 Å². The number of rotatable bonds is 4. The molecule has 0 saturated carbocycles. The summed E-state index contributed by atoms with van der Waals surface area (Å²) in [6.45, 7) is 4.42. The smallest absolute Gasteiger partial charge is 0.00462 e. The number of aryl methyl sites for hydroxylation is 2. The van der Waals surface area contributed by atoms with Gasteiger partial charge in [-0.1, -0.05) is 0 Å². The standard InChI is InChI=1S/C10H17NS/c1-8(11-3)4-5-10-6-7-12-9(10)2/h6-8,11H,4-5H2,1-3H3. The first-order valence-corrected chi connectivity index (χ1v) is 5.32. The van der Waals surface area contributed by atoms with Crippen LogP contribution in [0.3, 0.4) is 0 Å². The topological polar surface area (TPSA) is 12.0 Å². The zero-order valence-electron chi connectivity index (χ0n) is 8.05. The summed E-state index contributed by atoms with van der Waals surface area (Å²) < 4.78 is 0. The van der Waals surface area contributed by atoms with Gasteiger partial charge >= 0.3 is 0 Å². The van der Waals surface area contributed by atoms with E-state index >= 15 is 0 Å². The van der Waals surface area contributed by atoms with Gasteiger partial charge in [-0.25, -0.2) is 0 Å². The highest BCUT2D eigenvalue weighted by molar-refractivity contribution is 7.10. The Bertz CT molecular complexity index is 229. The highest BCUT2D eigenvalue weighted by Crippen LogP contribution is 2.16. The molecule has 1 atom stereocenters. The van der Waals surface area contributed by atoms with E-state index in [4.69, 9.17) is 0 Å². The molecule has 1 N–H and O–H groups in total. The lowest BCUT2D eigenvalue weighted by Gasteiger charge is -2.08. The molecule has 0 radical (unpaired) electrons. The fourth-order valence-electron chi connectivity index (χ4n) is 1.19. The summed E-state index contributed by atoms with van der Waals surface area (Å²) in [6.07, 6.45) is 2.44. The van der Waals surface area contributed by atoms with Gasteiger partial charge in [0, 0.05) is 10.9 Å². The van der Waals surface area contributed by atoms with Crippen molar-refractivity contribution in [3.05, 3.63) is 21.9 Å². The lowest BCUT2D eigenvalue weighted by atomic mass is 10.1. The predicted octanol–water partition coefficient (Wildman–Crippen LogP) is 2.60.